The molecule has 0 aliphatic carbocycles. The number of rotatable bonds is 6. The van der Waals surface area contributed by atoms with Crippen LogP contribution in [0.2, 0.25) is 0 Å². The molecule has 1 aliphatic rings. The van der Waals surface area contributed by atoms with E-state index in [1.165, 1.54) is 0 Å². The SMILES string of the molecule is CNCC1CCN(CC(=O)Nc2cc(C)ccc2OC)C1.Cl. The van der Waals surface area contributed by atoms with Gasteiger partial charge in [-0.25, -0.2) is 0 Å². The maximum atomic E-state index is 12.2. The lowest BCUT2D eigenvalue weighted by atomic mass is 10.1. The summed E-state index contributed by atoms with van der Waals surface area (Å²) in [5.74, 6) is 1.36. The molecule has 0 bridgehead atoms. The molecule has 22 heavy (non-hydrogen) atoms. The van der Waals surface area contributed by atoms with Gasteiger partial charge in [0.2, 0.25) is 5.91 Å². The minimum Gasteiger partial charge on any atom is -0.495 e. The van der Waals surface area contributed by atoms with Gasteiger partial charge in [0.05, 0.1) is 19.3 Å². The number of hydrogen-bond donors (Lipinski definition) is 2. The molecule has 2 N–H and O–H groups in total. The van der Waals surface area contributed by atoms with Crippen LogP contribution in [0.5, 0.6) is 5.75 Å². The van der Waals surface area contributed by atoms with Crippen LogP contribution in [0.4, 0.5) is 5.69 Å². The minimum absolute atomic E-state index is 0. The highest BCUT2D eigenvalue weighted by Gasteiger charge is 2.23. The maximum absolute atomic E-state index is 12.2. The number of anilines is 1. The number of carbonyl (C=O) groups excluding carboxylic acids is 1. The summed E-state index contributed by atoms with van der Waals surface area (Å²) in [6.45, 7) is 5.43. The molecule has 0 radical (unpaired) electrons. The topological polar surface area (TPSA) is 53.6 Å². The molecule has 0 spiro atoms. The molecule has 6 heteroatoms. The zero-order chi connectivity index (χ0) is 15.2. The van der Waals surface area contributed by atoms with Gasteiger partial charge in [-0.3, -0.25) is 9.69 Å². The molecule has 1 aliphatic heterocycles. The summed E-state index contributed by atoms with van der Waals surface area (Å²) in [6.07, 6.45) is 1.15. The first-order valence-electron chi connectivity index (χ1n) is 7.44. The van der Waals surface area contributed by atoms with Gasteiger partial charge in [-0.1, -0.05) is 6.07 Å². The Kier molecular flexibility index (Phi) is 7.65. The lowest BCUT2D eigenvalue weighted by molar-refractivity contribution is -0.117. The van der Waals surface area contributed by atoms with Crippen LogP contribution in [0, 0.1) is 12.8 Å². The standard InChI is InChI=1S/C16H25N3O2.ClH/c1-12-4-5-15(21-3)14(8-12)18-16(20)11-19-7-6-13(10-19)9-17-2;/h4-5,8,13,17H,6-7,9-11H2,1-3H3,(H,18,20);1H. The zero-order valence-corrected chi connectivity index (χ0v) is 14.3. The van der Waals surface area contributed by atoms with Crippen molar-refractivity contribution in [3.8, 4) is 5.75 Å². The van der Waals surface area contributed by atoms with E-state index < -0.39 is 0 Å². The second-order valence-electron chi connectivity index (χ2n) is 5.70. The van der Waals surface area contributed by atoms with Crippen molar-refractivity contribution in [1.82, 2.24) is 10.2 Å². The Balaban J connectivity index is 0.00000242. The molecule has 1 unspecified atom stereocenters. The molecule has 1 aromatic rings. The van der Waals surface area contributed by atoms with E-state index in [1.54, 1.807) is 7.11 Å². The summed E-state index contributed by atoms with van der Waals surface area (Å²) >= 11 is 0. The maximum Gasteiger partial charge on any atom is 0.238 e. The number of halogens is 1. The van der Waals surface area contributed by atoms with Gasteiger partial charge in [0.1, 0.15) is 5.75 Å². The average molecular weight is 328 g/mol. The van der Waals surface area contributed by atoms with Crippen LogP contribution in [0.15, 0.2) is 18.2 Å². The Morgan fingerprint density at radius 3 is 2.91 bits per heavy atom. The lowest BCUT2D eigenvalue weighted by Crippen LogP contribution is -2.32. The van der Waals surface area contributed by atoms with Crippen LogP contribution in [-0.4, -0.2) is 51.1 Å². The molecular formula is C16H26ClN3O2. The molecule has 1 aromatic carbocycles. The van der Waals surface area contributed by atoms with E-state index in [4.69, 9.17) is 4.74 Å². The van der Waals surface area contributed by atoms with Crippen molar-refractivity contribution in [3.05, 3.63) is 23.8 Å². The third-order valence-electron chi connectivity index (χ3n) is 3.86. The lowest BCUT2D eigenvalue weighted by Gasteiger charge is -2.17. The zero-order valence-electron chi connectivity index (χ0n) is 13.5. The second kappa shape index (κ2) is 8.98. The van der Waals surface area contributed by atoms with Crippen molar-refractivity contribution in [2.45, 2.75) is 13.3 Å². The highest BCUT2D eigenvalue weighted by Crippen LogP contribution is 2.25. The number of carbonyl (C=O) groups is 1. The number of likely N-dealkylation sites (tertiary alicyclic amines) is 1. The van der Waals surface area contributed by atoms with Crippen molar-refractivity contribution in [2.24, 2.45) is 5.92 Å². The molecule has 2 rings (SSSR count). The van der Waals surface area contributed by atoms with E-state index in [9.17, 15) is 4.79 Å². The molecular weight excluding hydrogens is 302 g/mol. The van der Waals surface area contributed by atoms with Crippen molar-refractivity contribution < 1.29 is 9.53 Å². The number of ether oxygens (including phenoxy) is 1. The highest BCUT2D eigenvalue weighted by atomic mass is 35.5. The summed E-state index contributed by atoms with van der Waals surface area (Å²) < 4.78 is 5.28. The Hall–Kier alpha value is -1.30. The fraction of sp³-hybridized carbons (Fsp3) is 0.562. The third kappa shape index (κ3) is 5.16. The predicted molar refractivity (Wildman–Crippen MR) is 92.1 cm³/mol. The van der Waals surface area contributed by atoms with Crippen LogP contribution in [0.1, 0.15) is 12.0 Å². The fourth-order valence-electron chi connectivity index (χ4n) is 2.82. The average Bonchev–Trinajstić information content (AvgIpc) is 2.86. The normalized spacial score (nSPS) is 17.9. The van der Waals surface area contributed by atoms with Gasteiger partial charge in [0.15, 0.2) is 0 Å². The highest BCUT2D eigenvalue weighted by molar-refractivity contribution is 5.93. The van der Waals surface area contributed by atoms with E-state index in [-0.39, 0.29) is 18.3 Å². The van der Waals surface area contributed by atoms with Crippen LogP contribution >= 0.6 is 12.4 Å². The molecule has 1 fully saturated rings. The number of hydrogen-bond acceptors (Lipinski definition) is 4. The summed E-state index contributed by atoms with van der Waals surface area (Å²) in [5, 5.41) is 6.16. The Bertz CT molecular complexity index is 496. The quantitative estimate of drug-likeness (QED) is 0.838. The van der Waals surface area contributed by atoms with Gasteiger partial charge >= 0.3 is 0 Å². The van der Waals surface area contributed by atoms with Crippen LogP contribution in [-0.2, 0) is 4.79 Å². The molecule has 124 valence electrons. The van der Waals surface area contributed by atoms with E-state index in [0.717, 1.165) is 37.3 Å². The van der Waals surface area contributed by atoms with Crippen LogP contribution in [0.3, 0.4) is 0 Å². The number of methoxy groups -OCH3 is 1. The number of benzene rings is 1. The molecule has 1 atom stereocenters. The minimum atomic E-state index is 0. The van der Waals surface area contributed by atoms with Crippen molar-refractivity contribution >= 4 is 24.0 Å². The predicted octanol–water partition coefficient (Wildman–Crippen LogP) is 1.91. The van der Waals surface area contributed by atoms with Gasteiger partial charge in [-0.05, 0) is 57.1 Å². The molecule has 1 saturated heterocycles. The van der Waals surface area contributed by atoms with Gasteiger partial charge in [-0.15, -0.1) is 12.4 Å². The van der Waals surface area contributed by atoms with Crippen LogP contribution in [0.25, 0.3) is 0 Å². The Morgan fingerprint density at radius 2 is 2.23 bits per heavy atom. The largest absolute Gasteiger partial charge is 0.495 e. The van der Waals surface area contributed by atoms with Gasteiger partial charge in [-0.2, -0.15) is 0 Å². The van der Waals surface area contributed by atoms with E-state index in [0.29, 0.717) is 18.2 Å². The van der Waals surface area contributed by atoms with E-state index >= 15 is 0 Å². The second-order valence-corrected chi connectivity index (χ2v) is 5.70. The van der Waals surface area contributed by atoms with Crippen molar-refractivity contribution in [2.75, 3.05) is 45.7 Å². The van der Waals surface area contributed by atoms with Crippen molar-refractivity contribution in [3.63, 3.8) is 0 Å². The van der Waals surface area contributed by atoms with Crippen molar-refractivity contribution in [1.29, 1.82) is 0 Å². The van der Waals surface area contributed by atoms with E-state index in [1.807, 2.05) is 32.2 Å². The summed E-state index contributed by atoms with van der Waals surface area (Å²) in [4.78, 5) is 14.4. The number of nitrogens with zero attached hydrogens (tertiary/aromatic N) is 1. The molecule has 0 saturated carbocycles. The Labute approximate surface area is 138 Å². The van der Waals surface area contributed by atoms with Crippen LogP contribution < -0.4 is 15.4 Å². The number of nitrogens with one attached hydrogen (secondary N) is 2. The molecule has 1 heterocycles. The first-order valence-corrected chi connectivity index (χ1v) is 7.44. The Morgan fingerprint density at radius 1 is 1.45 bits per heavy atom. The first-order chi connectivity index (χ1) is 10.1. The first kappa shape index (κ1) is 18.7. The molecule has 1 amide bonds. The van der Waals surface area contributed by atoms with Gasteiger partial charge < -0.3 is 15.4 Å². The number of aryl methyl sites for hydroxylation is 1. The monoisotopic (exact) mass is 327 g/mol. The smallest absolute Gasteiger partial charge is 0.238 e. The van der Waals surface area contributed by atoms with Gasteiger partial charge in [0.25, 0.3) is 0 Å². The molecule has 5 nitrogen and oxygen atoms in total. The summed E-state index contributed by atoms with van der Waals surface area (Å²) in [6, 6.07) is 5.78. The van der Waals surface area contributed by atoms with Gasteiger partial charge in [0, 0.05) is 6.54 Å². The van der Waals surface area contributed by atoms with E-state index in [2.05, 4.69) is 15.5 Å². The summed E-state index contributed by atoms with van der Waals surface area (Å²) in [5.41, 5.74) is 1.84. The summed E-state index contributed by atoms with van der Waals surface area (Å²) in [7, 11) is 3.59. The number of amides is 1. The fourth-order valence-corrected chi connectivity index (χ4v) is 2.82. The third-order valence-corrected chi connectivity index (χ3v) is 3.86. The molecule has 0 aromatic heterocycles.